The molecule has 7 heteroatoms. The number of alkyl halides is 2. The summed E-state index contributed by atoms with van der Waals surface area (Å²) in [6.07, 6.45) is -1.75. The Kier molecular flexibility index (Phi) is 4.95. The lowest BCUT2D eigenvalue weighted by Crippen LogP contribution is -2.14. The Morgan fingerprint density at radius 1 is 1.65 bits per heavy atom. The lowest BCUT2D eigenvalue weighted by Gasteiger charge is -2.13. The Bertz CT molecular complexity index is 427. The fraction of sp³-hybridized carbons (Fsp3) is 0.400. The number of nitrogens with two attached hydrogens (primary N) is 1. The van der Waals surface area contributed by atoms with E-state index in [0.717, 1.165) is 6.20 Å². The minimum atomic E-state index is -2.81. The molecule has 0 atom stereocenters. The van der Waals surface area contributed by atoms with Crippen LogP contribution in [0.4, 0.5) is 8.78 Å². The molecule has 1 aromatic rings. The quantitative estimate of drug-likeness (QED) is 0.685. The van der Waals surface area contributed by atoms with Gasteiger partial charge in [-0.05, 0) is 22.9 Å². The molecule has 1 rings (SSSR count). The van der Waals surface area contributed by atoms with E-state index in [4.69, 9.17) is 5.73 Å². The number of hydrogen-bond acceptors (Lipinski definition) is 4. The van der Waals surface area contributed by atoms with Crippen molar-refractivity contribution in [2.75, 3.05) is 6.61 Å². The summed E-state index contributed by atoms with van der Waals surface area (Å²) in [4.78, 5) is 15.3. The Hall–Kier alpha value is -1.08. The number of rotatable bonds is 4. The van der Waals surface area contributed by atoms with E-state index in [2.05, 4.69) is 25.7 Å². The van der Waals surface area contributed by atoms with Crippen LogP contribution in [0, 0.1) is 0 Å². The summed E-state index contributed by atoms with van der Waals surface area (Å²) in [5.41, 5.74) is 4.82. The molecule has 0 saturated heterocycles. The van der Waals surface area contributed by atoms with Gasteiger partial charge in [-0.2, -0.15) is 0 Å². The molecule has 1 aromatic heterocycles. The molecule has 0 aliphatic heterocycles. The fourth-order valence-corrected chi connectivity index (χ4v) is 1.84. The third-order valence-corrected chi connectivity index (χ3v) is 2.77. The summed E-state index contributed by atoms with van der Waals surface area (Å²) in [6, 6.07) is 0. The van der Waals surface area contributed by atoms with Gasteiger partial charge in [0.2, 0.25) is 0 Å². The van der Waals surface area contributed by atoms with Crippen LogP contribution in [0.2, 0.25) is 0 Å². The molecule has 0 aliphatic rings. The van der Waals surface area contributed by atoms with E-state index in [0.29, 0.717) is 0 Å². The van der Waals surface area contributed by atoms with E-state index >= 15 is 0 Å². The molecule has 0 unspecified atom stereocenters. The highest BCUT2D eigenvalue weighted by Gasteiger charge is 2.24. The van der Waals surface area contributed by atoms with Gasteiger partial charge in [0.25, 0.3) is 6.43 Å². The predicted molar refractivity (Wildman–Crippen MR) is 60.7 cm³/mol. The Morgan fingerprint density at radius 3 is 2.76 bits per heavy atom. The van der Waals surface area contributed by atoms with Crippen LogP contribution in [-0.2, 0) is 11.3 Å². The van der Waals surface area contributed by atoms with E-state index in [1.54, 1.807) is 6.92 Å². The van der Waals surface area contributed by atoms with Gasteiger partial charge < -0.3 is 10.5 Å². The predicted octanol–water partition coefficient (Wildman–Crippen LogP) is 2.42. The van der Waals surface area contributed by atoms with Gasteiger partial charge in [0.15, 0.2) is 0 Å². The summed E-state index contributed by atoms with van der Waals surface area (Å²) in [7, 11) is 0. The average Bonchev–Trinajstić information content (AvgIpc) is 2.28. The highest BCUT2D eigenvalue weighted by atomic mass is 79.9. The largest absolute Gasteiger partial charge is 0.462 e. The summed E-state index contributed by atoms with van der Waals surface area (Å²) >= 11 is 3.02. The van der Waals surface area contributed by atoms with Crippen molar-refractivity contribution in [1.29, 1.82) is 0 Å². The molecule has 0 aliphatic carbocycles. The maximum Gasteiger partial charge on any atom is 0.340 e. The first-order valence-corrected chi connectivity index (χ1v) is 5.64. The zero-order valence-corrected chi connectivity index (χ0v) is 10.6. The number of halogens is 3. The Balaban J connectivity index is 3.35. The number of aromatic nitrogens is 1. The summed E-state index contributed by atoms with van der Waals surface area (Å²) < 4.78 is 30.8. The maximum absolute atomic E-state index is 12.9. The molecule has 1 heterocycles. The first-order valence-electron chi connectivity index (χ1n) is 4.85. The highest BCUT2D eigenvalue weighted by molar-refractivity contribution is 9.10. The van der Waals surface area contributed by atoms with Crippen molar-refractivity contribution in [3.05, 3.63) is 27.5 Å². The molecular weight excluding hydrogens is 298 g/mol. The minimum Gasteiger partial charge on any atom is -0.462 e. The highest BCUT2D eigenvalue weighted by Crippen LogP contribution is 2.30. The lowest BCUT2D eigenvalue weighted by molar-refractivity contribution is 0.0514. The molecular formula is C10H11BrF2N2O2. The molecule has 0 aromatic carbocycles. The molecule has 17 heavy (non-hydrogen) atoms. The van der Waals surface area contributed by atoms with Gasteiger partial charge in [-0.15, -0.1) is 0 Å². The van der Waals surface area contributed by atoms with Gasteiger partial charge in [0.05, 0.1) is 12.2 Å². The first-order chi connectivity index (χ1) is 8.02. The molecule has 0 bridgehead atoms. The number of pyridine rings is 1. The van der Waals surface area contributed by atoms with Crippen molar-refractivity contribution in [2.24, 2.45) is 5.73 Å². The van der Waals surface area contributed by atoms with Gasteiger partial charge in [-0.3, -0.25) is 0 Å². The van der Waals surface area contributed by atoms with E-state index in [1.807, 2.05) is 0 Å². The van der Waals surface area contributed by atoms with Crippen LogP contribution < -0.4 is 5.73 Å². The van der Waals surface area contributed by atoms with Gasteiger partial charge >= 0.3 is 5.97 Å². The zero-order chi connectivity index (χ0) is 13.0. The summed E-state index contributed by atoms with van der Waals surface area (Å²) in [5, 5.41) is 0. The second-order valence-corrected chi connectivity index (χ2v) is 3.83. The van der Waals surface area contributed by atoms with Gasteiger partial charge in [-0.1, -0.05) is 0 Å². The van der Waals surface area contributed by atoms with Gasteiger partial charge in [-0.25, -0.2) is 18.6 Å². The van der Waals surface area contributed by atoms with Crippen LogP contribution in [0.1, 0.15) is 34.8 Å². The number of ether oxygens (including phenoxy) is 1. The van der Waals surface area contributed by atoms with Crippen molar-refractivity contribution in [3.63, 3.8) is 0 Å². The van der Waals surface area contributed by atoms with Gasteiger partial charge in [0.1, 0.15) is 4.60 Å². The third kappa shape index (κ3) is 2.98. The first kappa shape index (κ1) is 14.0. The normalized spacial score (nSPS) is 10.7. The number of hydrogen-bond donors (Lipinski definition) is 1. The number of esters is 1. The SMILES string of the molecule is CCOC(=O)c1cnc(Br)c(CN)c1C(F)F. The van der Waals surface area contributed by atoms with Gasteiger partial charge in [0, 0.05) is 23.9 Å². The maximum atomic E-state index is 12.9. The second kappa shape index (κ2) is 6.02. The topological polar surface area (TPSA) is 65.2 Å². The lowest BCUT2D eigenvalue weighted by atomic mass is 10.1. The van der Waals surface area contributed by atoms with Crippen LogP contribution in [-0.4, -0.2) is 17.6 Å². The van der Waals surface area contributed by atoms with Crippen LogP contribution >= 0.6 is 15.9 Å². The number of carbonyl (C=O) groups is 1. The van der Waals surface area contributed by atoms with E-state index < -0.39 is 18.0 Å². The van der Waals surface area contributed by atoms with Crippen molar-refractivity contribution in [3.8, 4) is 0 Å². The second-order valence-electron chi connectivity index (χ2n) is 3.08. The van der Waals surface area contributed by atoms with Crippen molar-refractivity contribution < 1.29 is 18.3 Å². The number of nitrogens with zero attached hydrogens (tertiary/aromatic N) is 1. The van der Waals surface area contributed by atoms with E-state index in [-0.39, 0.29) is 28.9 Å². The molecule has 0 fully saturated rings. The fourth-order valence-electron chi connectivity index (χ4n) is 1.36. The minimum absolute atomic E-state index is 0.107. The summed E-state index contributed by atoms with van der Waals surface area (Å²) in [6.45, 7) is 1.56. The van der Waals surface area contributed by atoms with Crippen LogP contribution in [0.15, 0.2) is 10.8 Å². The monoisotopic (exact) mass is 308 g/mol. The molecule has 0 radical (unpaired) electrons. The Morgan fingerprint density at radius 2 is 2.29 bits per heavy atom. The van der Waals surface area contributed by atoms with Crippen molar-refractivity contribution >= 4 is 21.9 Å². The average molecular weight is 309 g/mol. The zero-order valence-electron chi connectivity index (χ0n) is 9.04. The number of carbonyl (C=O) groups excluding carboxylic acids is 1. The molecule has 94 valence electrons. The molecule has 0 spiro atoms. The van der Waals surface area contributed by atoms with Crippen molar-refractivity contribution in [2.45, 2.75) is 19.9 Å². The Labute approximate surface area is 105 Å². The van der Waals surface area contributed by atoms with Crippen molar-refractivity contribution in [1.82, 2.24) is 4.98 Å². The molecule has 0 saturated carbocycles. The van der Waals surface area contributed by atoms with E-state index in [9.17, 15) is 13.6 Å². The van der Waals surface area contributed by atoms with E-state index in [1.165, 1.54) is 0 Å². The molecule has 4 nitrogen and oxygen atoms in total. The van der Waals surface area contributed by atoms with Crippen LogP contribution in [0.3, 0.4) is 0 Å². The van der Waals surface area contributed by atoms with Crippen LogP contribution in [0.25, 0.3) is 0 Å². The smallest absolute Gasteiger partial charge is 0.340 e. The van der Waals surface area contributed by atoms with Crippen LogP contribution in [0.5, 0.6) is 0 Å². The molecule has 0 amide bonds. The third-order valence-electron chi connectivity index (χ3n) is 2.09. The standard InChI is InChI=1S/C10H11BrF2N2O2/c1-2-17-10(16)6-4-15-8(11)5(3-14)7(6)9(12)13/h4,9H,2-3,14H2,1H3. The molecule has 2 N–H and O–H groups in total. The summed E-state index contributed by atoms with van der Waals surface area (Å²) in [5.74, 6) is -0.822.